The Morgan fingerprint density at radius 3 is 2.52 bits per heavy atom. The number of para-hydroxylation sites is 2. The second-order valence-electron chi connectivity index (χ2n) is 11.8. The average Bonchev–Trinajstić information content (AvgIpc) is 3.32. The molecule has 1 aliphatic carbocycles. The molecule has 1 unspecified atom stereocenters. The van der Waals surface area contributed by atoms with Crippen molar-refractivity contribution in [3.05, 3.63) is 36.2 Å². The van der Waals surface area contributed by atoms with Crippen LogP contribution in [0.15, 0.2) is 30.3 Å². The molecule has 0 radical (unpaired) electrons. The van der Waals surface area contributed by atoms with E-state index < -0.39 is 12.0 Å². The first-order chi connectivity index (χ1) is 19.1. The second kappa shape index (κ2) is 11.9. The summed E-state index contributed by atoms with van der Waals surface area (Å²) in [5, 5.41) is 17.3. The Balaban J connectivity index is 1.38. The van der Waals surface area contributed by atoms with Crippen molar-refractivity contribution in [3.8, 4) is 5.82 Å². The maximum atomic E-state index is 14.1. The van der Waals surface area contributed by atoms with Gasteiger partial charge in [-0.3, -0.25) is 4.57 Å². The third kappa shape index (κ3) is 6.37. The highest BCUT2D eigenvalue weighted by Crippen LogP contribution is 2.31. The van der Waals surface area contributed by atoms with E-state index in [4.69, 9.17) is 14.7 Å². The molecular formula is C29H41F2N7O2. The van der Waals surface area contributed by atoms with Gasteiger partial charge in [0.15, 0.2) is 5.82 Å². The van der Waals surface area contributed by atoms with E-state index in [2.05, 4.69) is 27.4 Å². The number of morpholine rings is 1. The summed E-state index contributed by atoms with van der Waals surface area (Å²) < 4.78 is 35.4. The maximum absolute atomic E-state index is 14.1. The molecule has 2 fully saturated rings. The molecular weight excluding hydrogens is 516 g/mol. The van der Waals surface area contributed by atoms with E-state index in [1.165, 1.54) is 4.57 Å². The first-order valence-electron chi connectivity index (χ1n) is 14.3. The van der Waals surface area contributed by atoms with E-state index >= 15 is 0 Å². The molecule has 5 rings (SSSR count). The van der Waals surface area contributed by atoms with Crippen LogP contribution in [0.25, 0.3) is 16.9 Å². The van der Waals surface area contributed by atoms with Gasteiger partial charge in [-0.25, -0.2) is 13.8 Å². The minimum atomic E-state index is -2.76. The Labute approximate surface area is 234 Å². The zero-order valence-corrected chi connectivity index (χ0v) is 23.8. The van der Waals surface area contributed by atoms with Gasteiger partial charge in [0.1, 0.15) is 11.6 Å². The summed E-state index contributed by atoms with van der Waals surface area (Å²) in [5.41, 5.74) is 0.312. The fourth-order valence-corrected chi connectivity index (χ4v) is 5.59. The van der Waals surface area contributed by atoms with Gasteiger partial charge in [-0.15, -0.1) is 0 Å². The number of ether oxygens (including phenoxy) is 1. The summed E-state index contributed by atoms with van der Waals surface area (Å²) in [6.07, 6.45) is 1.38. The topological polar surface area (TPSA) is 100 Å². The number of aromatic nitrogens is 4. The van der Waals surface area contributed by atoms with E-state index in [0.29, 0.717) is 66.9 Å². The third-order valence-corrected chi connectivity index (χ3v) is 8.31. The van der Waals surface area contributed by atoms with E-state index in [0.717, 1.165) is 25.7 Å². The fourth-order valence-electron chi connectivity index (χ4n) is 5.59. The molecule has 3 N–H and O–H groups in total. The van der Waals surface area contributed by atoms with E-state index in [1.54, 1.807) is 24.3 Å². The predicted octanol–water partition coefficient (Wildman–Crippen LogP) is 4.70. The van der Waals surface area contributed by atoms with Crippen LogP contribution >= 0.6 is 0 Å². The van der Waals surface area contributed by atoms with Crippen molar-refractivity contribution in [3.63, 3.8) is 0 Å². The van der Waals surface area contributed by atoms with Crippen molar-refractivity contribution in [2.45, 2.75) is 83.5 Å². The van der Waals surface area contributed by atoms with Gasteiger partial charge < -0.3 is 25.4 Å². The van der Waals surface area contributed by atoms with Crippen molar-refractivity contribution in [2.24, 2.45) is 5.92 Å². The first kappa shape index (κ1) is 28.6. The van der Waals surface area contributed by atoms with Gasteiger partial charge in [0.05, 0.1) is 35.9 Å². The van der Waals surface area contributed by atoms with Crippen LogP contribution in [-0.2, 0) is 4.74 Å². The molecule has 11 heteroatoms. The highest BCUT2D eigenvalue weighted by Gasteiger charge is 2.29. The van der Waals surface area contributed by atoms with Crippen molar-refractivity contribution in [1.29, 1.82) is 0 Å². The average molecular weight is 558 g/mol. The summed E-state index contributed by atoms with van der Waals surface area (Å²) in [7, 11) is 0. The normalized spacial score (nSPS) is 23.1. The molecule has 40 heavy (non-hydrogen) atoms. The highest BCUT2D eigenvalue weighted by atomic mass is 19.3. The molecule has 1 aromatic carbocycles. The molecule has 2 aliphatic rings. The summed E-state index contributed by atoms with van der Waals surface area (Å²) in [6.45, 7) is 10.2. The number of rotatable bonds is 9. The van der Waals surface area contributed by atoms with E-state index in [9.17, 15) is 13.9 Å². The van der Waals surface area contributed by atoms with Crippen LogP contribution in [0.4, 0.5) is 20.5 Å². The lowest BCUT2D eigenvalue weighted by molar-refractivity contribution is 0.0368. The fraction of sp³-hybridized carbons (Fsp3) is 0.621. The Morgan fingerprint density at radius 1 is 1.10 bits per heavy atom. The van der Waals surface area contributed by atoms with Gasteiger partial charge in [-0.2, -0.15) is 9.97 Å². The molecule has 3 aromatic rings. The molecule has 0 bridgehead atoms. The number of aliphatic hydroxyl groups is 1. The minimum Gasteiger partial charge on any atom is -0.389 e. The number of fused-ring (bicyclic) bond motifs is 1. The van der Waals surface area contributed by atoms with Crippen LogP contribution in [0.5, 0.6) is 0 Å². The Hall–Kier alpha value is -2.89. The highest BCUT2D eigenvalue weighted by molar-refractivity contribution is 5.78. The Kier molecular flexibility index (Phi) is 8.53. The second-order valence-corrected chi connectivity index (χ2v) is 11.8. The zero-order chi connectivity index (χ0) is 28.4. The number of nitrogens with zero attached hydrogens (tertiary/aromatic N) is 5. The number of nitrogens with one attached hydrogen (secondary N) is 2. The summed E-state index contributed by atoms with van der Waals surface area (Å²) >= 11 is 0. The van der Waals surface area contributed by atoms with Crippen molar-refractivity contribution < 1.29 is 18.6 Å². The van der Waals surface area contributed by atoms with Crippen molar-refractivity contribution in [2.75, 3.05) is 36.5 Å². The molecule has 9 nitrogen and oxygen atoms in total. The van der Waals surface area contributed by atoms with Crippen LogP contribution in [0.2, 0.25) is 0 Å². The Bertz CT molecular complexity index is 1290. The smallest absolute Gasteiger partial charge is 0.296 e. The number of halogens is 2. The number of benzene rings is 1. The first-order valence-corrected chi connectivity index (χ1v) is 14.3. The van der Waals surface area contributed by atoms with Gasteiger partial charge in [0.2, 0.25) is 5.95 Å². The van der Waals surface area contributed by atoms with Gasteiger partial charge >= 0.3 is 0 Å². The third-order valence-electron chi connectivity index (χ3n) is 8.31. The summed E-state index contributed by atoms with van der Waals surface area (Å²) in [6, 6.07) is 9.38. The van der Waals surface area contributed by atoms with Crippen molar-refractivity contribution >= 4 is 22.8 Å². The van der Waals surface area contributed by atoms with Crippen LogP contribution in [0.1, 0.15) is 65.6 Å². The lowest BCUT2D eigenvalue weighted by Crippen LogP contribution is -2.49. The molecule has 1 saturated heterocycles. The SMILES string of the molecule is CC(N[C@H]1CC[C@H](CNc2nc(N3CCOC[C@@H]3C)cc(-n3c(C(F)F)nc4ccccc43)n2)CC1)C(C)(C)O. The van der Waals surface area contributed by atoms with Gasteiger partial charge in [-0.1, -0.05) is 12.1 Å². The minimum absolute atomic E-state index is 0.0155. The lowest BCUT2D eigenvalue weighted by atomic mass is 9.85. The summed E-state index contributed by atoms with van der Waals surface area (Å²) in [5.74, 6) is 1.57. The van der Waals surface area contributed by atoms with Gasteiger partial charge in [0.25, 0.3) is 6.43 Å². The molecule has 1 saturated carbocycles. The van der Waals surface area contributed by atoms with Gasteiger partial charge in [-0.05, 0) is 71.4 Å². The molecule has 1 aliphatic heterocycles. The summed E-state index contributed by atoms with van der Waals surface area (Å²) in [4.78, 5) is 15.9. The van der Waals surface area contributed by atoms with Crippen LogP contribution in [0.3, 0.4) is 0 Å². The molecule has 2 atom stereocenters. The van der Waals surface area contributed by atoms with Crippen molar-refractivity contribution in [1.82, 2.24) is 24.8 Å². The lowest BCUT2D eigenvalue weighted by Gasteiger charge is -2.35. The number of hydrogen-bond donors (Lipinski definition) is 3. The standard InChI is InChI=1S/C29H41F2N7O2/c1-18-17-40-14-13-37(18)24-15-25(38-23-8-6-5-7-22(23)34-27(38)26(30)31)36-28(35-24)32-16-20-9-11-21(12-10-20)33-19(2)29(3,4)39/h5-8,15,18-21,26,33,39H,9-14,16-17H2,1-4H3,(H,32,35,36)/t18-,19?,20-,21-/m0/s1. The van der Waals surface area contributed by atoms with E-state index in [1.807, 2.05) is 26.8 Å². The number of hydrogen-bond acceptors (Lipinski definition) is 8. The largest absolute Gasteiger partial charge is 0.389 e. The van der Waals surface area contributed by atoms with Crippen LogP contribution in [0, 0.1) is 5.92 Å². The number of alkyl halides is 2. The molecule has 0 spiro atoms. The van der Waals surface area contributed by atoms with E-state index in [-0.39, 0.29) is 17.9 Å². The molecule has 2 aromatic heterocycles. The molecule has 3 heterocycles. The molecule has 0 amide bonds. The molecule has 218 valence electrons. The number of anilines is 2. The predicted molar refractivity (Wildman–Crippen MR) is 152 cm³/mol. The maximum Gasteiger partial charge on any atom is 0.296 e. The quantitative estimate of drug-likeness (QED) is 0.348. The van der Waals surface area contributed by atoms with Gasteiger partial charge in [0, 0.05) is 31.2 Å². The zero-order valence-electron chi connectivity index (χ0n) is 23.8. The van der Waals surface area contributed by atoms with Crippen LogP contribution < -0.4 is 15.5 Å². The monoisotopic (exact) mass is 557 g/mol. The number of imidazole rings is 1. The van der Waals surface area contributed by atoms with Crippen LogP contribution in [-0.4, -0.2) is 74.7 Å². The Morgan fingerprint density at radius 2 is 1.82 bits per heavy atom.